The molecule has 0 saturated carbocycles. The average Bonchev–Trinajstić information content (AvgIpc) is 3.58. The van der Waals surface area contributed by atoms with Crippen LogP contribution in [0.25, 0.3) is 0 Å². The Morgan fingerprint density at radius 2 is 1.71 bits per heavy atom. The fourth-order valence-corrected chi connectivity index (χ4v) is 8.94. The van der Waals surface area contributed by atoms with Crippen LogP contribution in [0.2, 0.25) is 10.0 Å². The largest absolute Gasteiger partial charge is 0.493 e. The van der Waals surface area contributed by atoms with Gasteiger partial charge in [0.05, 0.1) is 20.8 Å². The Kier molecular flexibility index (Phi) is 11.9. The average molecular weight is 772 g/mol. The van der Waals surface area contributed by atoms with Crippen LogP contribution in [0.3, 0.4) is 0 Å². The molecular formula is C38H42Cl2N3O8S+. The lowest BCUT2D eigenvalue weighted by atomic mass is 9.85. The number of thiophene rings is 1. The molecule has 0 radical (unpaired) electrons. The number of piperidine rings is 3. The van der Waals surface area contributed by atoms with Gasteiger partial charge in [0.15, 0.2) is 17.0 Å². The number of carbonyl (C=O) groups excluding carboxylic acids is 1. The Labute approximate surface area is 316 Å². The first kappa shape index (κ1) is 37.8. The second kappa shape index (κ2) is 16.4. The van der Waals surface area contributed by atoms with Gasteiger partial charge < -0.3 is 24.1 Å². The molecule has 4 aromatic rings. The number of carboxylic acid groups (broad SMARTS) is 1. The summed E-state index contributed by atoms with van der Waals surface area (Å²) in [4.78, 5) is 30.4. The zero-order chi connectivity index (χ0) is 37.0. The number of carbonyl (C=O) groups is 2. The Morgan fingerprint density at radius 1 is 1.02 bits per heavy atom. The fourth-order valence-electron chi connectivity index (χ4n) is 7.33. The lowest BCUT2D eigenvalue weighted by molar-refractivity contribution is -0.904. The van der Waals surface area contributed by atoms with Crippen molar-refractivity contribution < 1.29 is 43.6 Å². The molecule has 14 heteroatoms. The van der Waals surface area contributed by atoms with Crippen molar-refractivity contribution in [3.05, 3.63) is 109 Å². The molecule has 2 aromatic heterocycles. The van der Waals surface area contributed by atoms with E-state index in [4.69, 9.17) is 42.1 Å². The number of carboxylic acids is 1. The second-order valence-corrected chi connectivity index (χ2v) is 15.1. The molecule has 1 unspecified atom stereocenters. The van der Waals surface area contributed by atoms with Crippen molar-refractivity contribution in [3.8, 4) is 11.5 Å². The predicted octanol–water partition coefficient (Wildman–Crippen LogP) is 5.94. The highest BCUT2D eigenvalue weighted by Crippen LogP contribution is 2.41. The van der Waals surface area contributed by atoms with Gasteiger partial charge in [0.25, 0.3) is 0 Å². The minimum atomic E-state index is -1.37. The number of pyridine rings is 1. The third-order valence-electron chi connectivity index (χ3n) is 10.1. The van der Waals surface area contributed by atoms with E-state index in [1.807, 2.05) is 42.5 Å². The van der Waals surface area contributed by atoms with Crippen LogP contribution in [0.4, 0.5) is 0 Å². The van der Waals surface area contributed by atoms with E-state index in [1.165, 1.54) is 26.6 Å². The topological polar surface area (TPSA) is 131 Å². The number of rotatable bonds is 15. The quantitative estimate of drug-likeness (QED) is 0.0759. The van der Waals surface area contributed by atoms with Gasteiger partial charge in [-0.2, -0.15) is 0 Å². The van der Waals surface area contributed by atoms with Gasteiger partial charge in [-0.05, 0) is 73.2 Å². The third-order valence-corrected chi connectivity index (χ3v) is 11.9. The summed E-state index contributed by atoms with van der Waals surface area (Å²) in [6.45, 7) is 2.86. The van der Waals surface area contributed by atoms with Crippen LogP contribution in [0.15, 0.2) is 67.0 Å². The van der Waals surface area contributed by atoms with Crippen LogP contribution < -0.4 is 19.5 Å². The molecule has 0 aliphatic carbocycles. The first-order valence-electron chi connectivity index (χ1n) is 17.0. The summed E-state index contributed by atoms with van der Waals surface area (Å²) in [6.07, 6.45) is 4.60. The van der Waals surface area contributed by atoms with Gasteiger partial charge >= 0.3 is 11.9 Å². The number of fused-ring (bicyclic) bond motifs is 3. The minimum Gasteiger partial charge on any atom is -0.493 e. The van der Waals surface area contributed by atoms with Gasteiger partial charge in [0, 0.05) is 41.3 Å². The molecule has 3 aliphatic heterocycles. The highest BCUT2D eigenvalue weighted by molar-refractivity contribution is 7.14. The summed E-state index contributed by atoms with van der Waals surface area (Å²) in [6, 6.07) is 16.6. The zero-order valence-electron chi connectivity index (χ0n) is 29.1. The van der Waals surface area contributed by atoms with E-state index in [2.05, 4.69) is 10.2 Å². The van der Waals surface area contributed by atoms with Crippen molar-refractivity contribution in [2.45, 2.75) is 43.4 Å². The molecule has 3 N–H and O–H groups in total. The summed E-state index contributed by atoms with van der Waals surface area (Å²) in [7, 11) is 4.60. The summed E-state index contributed by atoms with van der Waals surface area (Å²) >= 11 is 14.3. The maximum absolute atomic E-state index is 14.4. The number of aromatic carboxylic acids is 1. The standard InChI is InChI=1S/C38H41Cl2N3O8S/c1-48-22-38(25-7-5-4-6-8-25,37(46)51-34-21-42-13-11-23(34)12-14-42)41-18-26-16-28(35(52-26)36(44)45)27(17-29-30(39)19-43(47)20-31(29)40)24-9-10-32(49-2)33(15-24)50-3/h4-10,15-16,19-20,23,27,34,41H,11-14,17-18,21-22H2,1-3H3,(H-,44,45,47)/p+1/t27-,34-,38?/m0/s1. The fraction of sp³-hybridized carbons (Fsp3) is 0.395. The normalized spacial score (nSPS) is 19.8. The van der Waals surface area contributed by atoms with Gasteiger partial charge in [-0.3, -0.25) is 15.4 Å². The number of nitrogens with zero attached hydrogens (tertiary/aromatic N) is 2. The van der Waals surface area contributed by atoms with E-state index in [9.17, 15) is 19.9 Å². The van der Waals surface area contributed by atoms with Crippen LogP contribution >= 0.6 is 34.5 Å². The Balaban J connectivity index is 1.38. The number of nitrogens with one attached hydrogen (secondary N) is 1. The van der Waals surface area contributed by atoms with E-state index in [-0.39, 0.29) is 40.6 Å². The van der Waals surface area contributed by atoms with Gasteiger partial charge in [0.2, 0.25) is 12.4 Å². The highest BCUT2D eigenvalue weighted by atomic mass is 35.5. The molecule has 0 amide bonds. The number of esters is 1. The number of methoxy groups -OCH3 is 3. The maximum Gasteiger partial charge on any atom is 0.346 e. The smallest absolute Gasteiger partial charge is 0.346 e. The molecule has 2 bridgehead atoms. The maximum atomic E-state index is 14.4. The summed E-state index contributed by atoms with van der Waals surface area (Å²) in [5.41, 5.74) is 1.07. The molecule has 3 aliphatic rings. The van der Waals surface area contributed by atoms with Crippen molar-refractivity contribution in [2.24, 2.45) is 5.92 Å². The van der Waals surface area contributed by atoms with Crippen molar-refractivity contribution in [3.63, 3.8) is 0 Å². The Bertz CT molecular complexity index is 1880. The number of ether oxygens (including phenoxy) is 4. The molecule has 276 valence electrons. The number of hydrogen-bond donors (Lipinski definition) is 3. The van der Waals surface area contributed by atoms with Crippen LogP contribution in [-0.2, 0) is 32.8 Å². The lowest BCUT2D eigenvalue weighted by Gasteiger charge is -2.45. The van der Waals surface area contributed by atoms with Gasteiger partial charge in [-0.1, -0.05) is 59.6 Å². The predicted molar refractivity (Wildman–Crippen MR) is 196 cm³/mol. The molecule has 52 heavy (non-hydrogen) atoms. The Hall–Kier alpha value is -3.91. The molecule has 2 aromatic carbocycles. The molecule has 3 saturated heterocycles. The van der Waals surface area contributed by atoms with Gasteiger partial charge in [-0.25, -0.2) is 9.59 Å². The van der Waals surface area contributed by atoms with E-state index >= 15 is 0 Å². The lowest BCUT2D eigenvalue weighted by Crippen LogP contribution is -2.57. The summed E-state index contributed by atoms with van der Waals surface area (Å²) in [5, 5.41) is 24.5. The Morgan fingerprint density at radius 3 is 2.31 bits per heavy atom. The van der Waals surface area contributed by atoms with Crippen LogP contribution in [0.1, 0.15) is 55.6 Å². The van der Waals surface area contributed by atoms with Crippen molar-refractivity contribution >= 4 is 46.5 Å². The first-order chi connectivity index (χ1) is 25.1. The number of hydrogen-bond acceptors (Lipinski definition) is 10. The molecular weight excluding hydrogens is 729 g/mol. The summed E-state index contributed by atoms with van der Waals surface area (Å²) in [5.74, 6) is -0.830. The zero-order valence-corrected chi connectivity index (χ0v) is 31.5. The molecule has 3 fully saturated rings. The molecule has 7 rings (SSSR count). The van der Waals surface area contributed by atoms with Crippen molar-refractivity contribution in [1.82, 2.24) is 10.2 Å². The van der Waals surface area contributed by atoms with Crippen molar-refractivity contribution in [1.29, 1.82) is 0 Å². The first-order valence-corrected chi connectivity index (χ1v) is 18.5. The van der Waals surface area contributed by atoms with Crippen LogP contribution in [-0.4, -0.2) is 80.8 Å². The monoisotopic (exact) mass is 770 g/mol. The second-order valence-electron chi connectivity index (χ2n) is 13.1. The van der Waals surface area contributed by atoms with E-state index in [0.29, 0.717) is 45.5 Å². The van der Waals surface area contributed by atoms with Crippen molar-refractivity contribution in [2.75, 3.05) is 47.6 Å². The summed E-state index contributed by atoms with van der Waals surface area (Å²) < 4.78 is 23.8. The molecule has 0 spiro atoms. The molecule has 5 heterocycles. The van der Waals surface area contributed by atoms with E-state index in [1.54, 1.807) is 19.2 Å². The van der Waals surface area contributed by atoms with E-state index in [0.717, 1.165) is 47.6 Å². The van der Waals surface area contributed by atoms with Gasteiger partial charge in [-0.15, -0.1) is 11.3 Å². The van der Waals surface area contributed by atoms with Gasteiger partial charge in [0.1, 0.15) is 21.0 Å². The molecule has 11 nitrogen and oxygen atoms in total. The molecule has 3 atom stereocenters. The minimum absolute atomic E-state index is 0.00883. The third kappa shape index (κ3) is 7.87. The van der Waals surface area contributed by atoms with Crippen LogP contribution in [0, 0.1) is 5.92 Å². The highest BCUT2D eigenvalue weighted by Gasteiger charge is 2.46. The van der Waals surface area contributed by atoms with Crippen LogP contribution in [0.5, 0.6) is 11.5 Å². The van der Waals surface area contributed by atoms with E-state index < -0.39 is 23.4 Å². The SMILES string of the molecule is COCC(NCc1cc([C@@H](Cc2c(Cl)c[n+](O)cc2Cl)c2ccc(OC)c(OC)c2)c(C(=O)O)s1)(C(=O)O[C@H]1CN2CCC1CC2)c1ccccc1. The number of benzene rings is 2. The number of halogens is 2. The number of aromatic nitrogens is 1.